The number of carbonyl (C=O) groups excluding carboxylic acids is 2. The molecule has 2 atom stereocenters. The van der Waals surface area contributed by atoms with Crippen molar-refractivity contribution in [1.29, 1.82) is 0 Å². The van der Waals surface area contributed by atoms with Crippen LogP contribution >= 0.6 is 0 Å². The van der Waals surface area contributed by atoms with E-state index in [0.717, 1.165) is 0 Å². The van der Waals surface area contributed by atoms with Crippen molar-refractivity contribution in [3.05, 3.63) is 17.8 Å². The zero-order valence-corrected chi connectivity index (χ0v) is 14.6. The lowest BCUT2D eigenvalue weighted by molar-refractivity contribution is -0.135. The van der Waals surface area contributed by atoms with Gasteiger partial charge < -0.3 is 14.2 Å². The third kappa shape index (κ3) is 2.81. The molecule has 9 heteroatoms. The topological polar surface area (TPSA) is 101 Å². The predicted octanol–water partition coefficient (Wildman–Crippen LogP) is 0.0970. The van der Waals surface area contributed by atoms with Crippen molar-refractivity contribution in [3.8, 4) is 0 Å². The van der Waals surface area contributed by atoms with Gasteiger partial charge in [0.05, 0.1) is 23.6 Å². The largest absolute Gasteiger partial charge is 0.448 e. The molecule has 1 aromatic rings. The van der Waals surface area contributed by atoms with Gasteiger partial charge in [0.25, 0.3) is 5.91 Å². The molecule has 0 N–H and O–H groups in total. The van der Waals surface area contributed by atoms with E-state index in [-0.39, 0.29) is 29.0 Å². The van der Waals surface area contributed by atoms with E-state index in [2.05, 4.69) is 4.98 Å². The first-order chi connectivity index (χ1) is 11.4. The molecule has 2 aliphatic rings. The summed E-state index contributed by atoms with van der Waals surface area (Å²) in [5.41, 5.74) is 0.232. The van der Waals surface area contributed by atoms with E-state index >= 15 is 0 Å². The minimum atomic E-state index is -3.29. The number of fused-ring (bicyclic) bond motifs is 1. The third-order valence-corrected chi connectivity index (χ3v) is 6.42. The van der Waals surface area contributed by atoms with E-state index in [9.17, 15) is 18.0 Å². The Morgan fingerprint density at radius 1 is 1.21 bits per heavy atom. The molecular weight excluding hydrogens is 334 g/mol. The molecule has 8 nitrogen and oxygen atoms in total. The Labute approximate surface area is 140 Å². The van der Waals surface area contributed by atoms with Crippen molar-refractivity contribution < 1.29 is 22.4 Å². The highest BCUT2D eigenvalue weighted by Crippen LogP contribution is 2.29. The number of carbonyl (C=O) groups is 2. The lowest BCUT2D eigenvalue weighted by atomic mass is 10.0. The highest BCUT2D eigenvalue weighted by molar-refractivity contribution is 7.91. The fraction of sp³-hybridized carbons (Fsp3) is 0.667. The lowest BCUT2D eigenvalue weighted by Gasteiger charge is -2.43. The molecule has 0 bridgehead atoms. The van der Waals surface area contributed by atoms with Gasteiger partial charge in [0.1, 0.15) is 5.76 Å². The molecular formula is C15H21N3O5S. The van der Waals surface area contributed by atoms with Crippen LogP contribution in [0, 0.1) is 0 Å². The van der Waals surface area contributed by atoms with Crippen molar-refractivity contribution in [3.63, 3.8) is 0 Å². The number of nitrogens with zero attached hydrogens (tertiary/aromatic N) is 3. The summed E-state index contributed by atoms with van der Waals surface area (Å²) in [5.74, 6) is -0.117. The summed E-state index contributed by atoms with van der Waals surface area (Å²) in [6, 6.07) is -0.995. The van der Waals surface area contributed by atoms with Crippen LogP contribution in [0.3, 0.4) is 0 Å². The van der Waals surface area contributed by atoms with E-state index in [1.54, 1.807) is 16.7 Å². The Kier molecular flexibility index (Phi) is 4.37. The van der Waals surface area contributed by atoms with Crippen LogP contribution < -0.4 is 0 Å². The van der Waals surface area contributed by atoms with Gasteiger partial charge in [0.15, 0.2) is 21.9 Å². The lowest BCUT2D eigenvalue weighted by Crippen LogP contribution is -2.62. The standard InChI is InChI=1S/C15H21N3O5S/c1-3-12-14(16-9-23-12)15(20)18-6-5-17(13(19)4-2)10-7-24(21,22)8-11(10)18/h9-11H,3-8H2,1-2H3/t10-,11+/m1/s1. The number of rotatable bonds is 3. The maximum atomic E-state index is 12.8. The monoisotopic (exact) mass is 355 g/mol. The average molecular weight is 355 g/mol. The van der Waals surface area contributed by atoms with E-state index in [1.807, 2.05) is 6.92 Å². The van der Waals surface area contributed by atoms with Gasteiger partial charge in [-0.05, 0) is 0 Å². The van der Waals surface area contributed by atoms with Crippen molar-refractivity contribution in [2.75, 3.05) is 24.6 Å². The number of amides is 2. The Morgan fingerprint density at radius 3 is 2.46 bits per heavy atom. The Hall–Kier alpha value is -1.90. The van der Waals surface area contributed by atoms with Crippen LogP contribution in [-0.2, 0) is 21.1 Å². The first-order valence-corrected chi connectivity index (χ1v) is 9.93. The molecule has 0 aliphatic carbocycles. The normalized spacial score (nSPS) is 25.6. The zero-order valence-electron chi connectivity index (χ0n) is 13.8. The van der Waals surface area contributed by atoms with Gasteiger partial charge >= 0.3 is 0 Å². The van der Waals surface area contributed by atoms with Crippen LogP contribution in [0.25, 0.3) is 0 Å². The Balaban J connectivity index is 1.91. The first-order valence-electron chi connectivity index (χ1n) is 8.11. The summed E-state index contributed by atoms with van der Waals surface area (Å²) in [7, 11) is -3.29. The molecule has 2 fully saturated rings. The van der Waals surface area contributed by atoms with Crippen LogP contribution in [0.15, 0.2) is 10.8 Å². The van der Waals surface area contributed by atoms with Crippen LogP contribution in [0.2, 0.25) is 0 Å². The van der Waals surface area contributed by atoms with Gasteiger partial charge in [0.2, 0.25) is 5.91 Å². The van der Waals surface area contributed by atoms with Crippen LogP contribution in [-0.4, -0.2) is 71.7 Å². The molecule has 0 aromatic carbocycles. The highest BCUT2D eigenvalue weighted by Gasteiger charge is 2.49. The molecule has 3 heterocycles. The number of aryl methyl sites for hydroxylation is 1. The molecule has 132 valence electrons. The summed E-state index contributed by atoms with van der Waals surface area (Å²) in [5, 5.41) is 0. The van der Waals surface area contributed by atoms with E-state index in [1.165, 1.54) is 6.39 Å². The number of hydrogen-bond donors (Lipinski definition) is 0. The number of aromatic nitrogens is 1. The highest BCUT2D eigenvalue weighted by atomic mass is 32.2. The molecule has 0 spiro atoms. The summed E-state index contributed by atoms with van der Waals surface area (Å²) in [6.07, 6.45) is 2.08. The number of hydrogen-bond acceptors (Lipinski definition) is 6. The Morgan fingerprint density at radius 2 is 1.83 bits per heavy atom. The number of oxazole rings is 1. The number of piperazine rings is 1. The minimum absolute atomic E-state index is 0.0788. The van der Waals surface area contributed by atoms with Gasteiger partial charge in [-0.1, -0.05) is 13.8 Å². The second-order valence-electron chi connectivity index (χ2n) is 6.13. The Bertz CT molecular complexity index is 757. The summed E-state index contributed by atoms with van der Waals surface area (Å²) >= 11 is 0. The molecule has 0 radical (unpaired) electrons. The minimum Gasteiger partial charge on any atom is -0.448 e. The maximum Gasteiger partial charge on any atom is 0.276 e. The van der Waals surface area contributed by atoms with Gasteiger partial charge in [0, 0.05) is 25.9 Å². The third-order valence-electron chi connectivity index (χ3n) is 4.72. The smallest absolute Gasteiger partial charge is 0.276 e. The molecule has 24 heavy (non-hydrogen) atoms. The van der Waals surface area contributed by atoms with Crippen LogP contribution in [0.5, 0.6) is 0 Å². The SMILES string of the molecule is CCC(=O)N1CCN(C(=O)c2ncoc2CC)[C@H]2CS(=O)(=O)C[C@H]21. The van der Waals surface area contributed by atoms with E-state index < -0.39 is 21.9 Å². The van der Waals surface area contributed by atoms with Crippen molar-refractivity contribution in [1.82, 2.24) is 14.8 Å². The van der Waals surface area contributed by atoms with Crippen molar-refractivity contribution >= 4 is 21.7 Å². The van der Waals surface area contributed by atoms with Crippen molar-refractivity contribution in [2.24, 2.45) is 0 Å². The molecule has 2 amide bonds. The predicted molar refractivity (Wildman–Crippen MR) is 85.2 cm³/mol. The maximum absolute atomic E-state index is 12.8. The van der Waals surface area contributed by atoms with Gasteiger partial charge in [-0.25, -0.2) is 13.4 Å². The van der Waals surface area contributed by atoms with E-state index in [4.69, 9.17) is 4.42 Å². The molecule has 3 rings (SSSR count). The van der Waals surface area contributed by atoms with Gasteiger partial charge in [-0.15, -0.1) is 0 Å². The fourth-order valence-corrected chi connectivity index (χ4v) is 5.53. The summed E-state index contributed by atoms with van der Waals surface area (Å²) < 4.78 is 29.5. The summed E-state index contributed by atoms with van der Waals surface area (Å²) in [6.45, 7) is 4.25. The fourth-order valence-electron chi connectivity index (χ4n) is 3.55. The second-order valence-corrected chi connectivity index (χ2v) is 8.28. The van der Waals surface area contributed by atoms with E-state index in [0.29, 0.717) is 31.7 Å². The molecule has 1 aromatic heterocycles. The zero-order chi connectivity index (χ0) is 17.5. The van der Waals surface area contributed by atoms with Gasteiger partial charge in [-0.2, -0.15) is 0 Å². The summed E-state index contributed by atoms with van der Waals surface area (Å²) in [4.78, 5) is 32.1. The second kappa shape index (κ2) is 6.19. The molecule has 0 unspecified atom stereocenters. The quantitative estimate of drug-likeness (QED) is 0.762. The van der Waals surface area contributed by atoms with Crippen LogP contribution in [0.4, 0.5) is 0 Å². The molecule has 0 saturated carbocycles. The van der Waals surface area contributed by atoms with Crippen LogP contribution in [0.1, 0.15) is 36.5 Å². The van der Waals surface area contributed by atoms with Gasteiger partial charge in [-0.3, -0.25) is 9.59 Å². The van der Waals surface area contributed by atoms with Crippen molar-refractivity contribution in [2.45, 2.75) is 38.8 Å². The molecule has 2 saturated heterocycles. The number of sulfone groups is 1. The first kappa shape index (κ1) is 16.9. The average Bonchev–Trinajstić information content (AvgIpc) is 3.14. The molecule has 2 aliphatic heterocycles.